The van der Waals surface area contributed by atoms with Crippen LogP contribution in [-0.2, 0) is 6.54 Å². The Morgan fingerprint density at radius 1 is 1.23 bits per heavy atom. The molecule has 8 heteroatoms. The van der Waals surface area contributed by atoms with Crippen LogP contribution in [0.5, 0.6) is 0 Å². The molecule has 8 nitrogen and oxygen atoms in total. The molecule has 2 heterocycles. The summed E-state index contributed by atoms with van der Waals surface area (Å²) in [5, 5.41) is 11.7. The number of aromatic nitrogens is 3. The van der Waals surface area contributed by atoms with Gasteiger partial charge in [-0.25, -0.2) is 4.98 Å². The third kappa shape index (κ3) is 4.47. The fraction of sp³-hybridized carbons (Fsp3) is 0.348. The van der Waals surface area contributed by atoms with E-state index >= 15 is 0 Å². The standard InChI is InChI=1S/C23H25N5O3/c1-26(16-17-6-5-11-24-15-17)23(29)19-9-10-20(28(30)31)21(14-19)27-13-12-25-22(27)18-7-3-2-4-8-18/h5-6,9-15,18H,2-4,7-8,16H2,1H3. The molecule has 1 fully saturated rings. The van der Waals surface area contributed by atoms with Crippen LogP contribution < -0.4 is 0 Å². The van der Waals surface area contributed by atoms with Crippen molar-refractivity contribution in [1.29, 1.82) is 0 Å². The first-order valence-corrected chi connectivity index (χ1v) is 10.5. The molecular formula is C23H25N5O3. The SMILES string of the molecule is CN(Cc1cccnc1)C(=O)c1ccc([N+](=O)[O-])c(-n2ccnc2C2CCCCC2)c1. The summed E-state index contributed by atoms with van der Waals surface area (Å²) in [4.78, 5) is 34.6. The Kier molecular flexibility index (Phi) is 6.06. The first-order chi connectivity index (χ1) is 15.0. The van der Waals surface area contributed by atoms with Crippen molar-refractivity contribution in [3.8, 4) is 5.69 Å². The average molecular weight is 419 g/mol. The number of pyridine rings is 1. The number of imidazole rings is 1. The summed E-state index contributed by atoms with van der Waals surface area (Å²) >= 11 is 0. The first kappa shape index (κ1) is 20.7. The number of hydrogen-bond donors (Lipinski definition) is 0. The average Bonchev–Trinajstić information content (AvgIpc) is 3.29. The summed E-state index contributed by atoms with van der Waals surface area (Å²) in [5.74, 6) is 0.895. The molecule has 0 radical (unpaired) electrons. The van der Waals surface area contributed by atoms with Crippen molar-refractivity contribution in [2.75, 3.05) is 7.05 Å². The van der Waals surface area contributed by atoms with E-state index in [1.54, 1.807) is 47.4 Å². The molecule has 1 aromatic carbocycles. The number of hydrogen-bond acceptors (Lipinski definition) is 5. The summed E-state index contributed by atoms with van der Waals surface area (Å²) in [5.41, 5.74) is 1.65. The van der Waals surface area contributed by atoms with E-state index in [1.165, 1.54) is 18.6 Å². The van der Waals surface area contributed by atoms with Gasteiger partial charge in [0.1, 0.15) is 11.5 Å². The predicted octanol–water partition coefficient (Wildman–Crippen LogP) is 4.50. The Morgan fingerprint density at radius 3 is 2.74 bits per heavy atom. The molecule has 1 amide bonds. The fourth-order valence-electron chi connectivity index (χ4n) is 4.24. The molecule has 0 bridgehead atoms. The summed E-state index contributed by atoms with van der Waals surface area (Å²) in [7, 11) is 1.71. The normalized spacial score (nSPS) is 14.4. The zero-order valence-corrected chi connectivity index (χ0v) is 17.5. The van der Waals surface area contributed by atoms with Crippen LogP contribution in [0.3, 0.4) is 0 Å². The molecule has 0 N–H and O–H groups in total. The van der Waals surface area contributed by atoms with Crippen molar-refractivity contribution < 1.29 is 9.72 Å². The van der Waals surface area contributed by atoms with Gasteiger partial charge in [-0.05, 0) is 36.6 Å². The molecule has 0 unspecified atom stereocenters. The van der Waals surface area contributed by atoms with Gasteiger partial charge in [0.05, 0.1) is 4.92 Å². The smallest absolute Gasteiger partial charge is 0.293 e. The van der Waals surface area contributed by atoms with Crippen LogP contribution in [0.4, 0.5) is 5.69 Å². The Labute approximate surface area is 180 Å². The second-order valence-corrected chi connectivity index (χ2v) is 7.97. The second-order valence-electron chi connectivity index (χ2n) is 7.97. The first-order valence-electron chi connectivity index (χ1n) is 10.5. The zero-order valence-electron chi connectivity index (χ0n) is 17.5. The lowest BCUT2D eigenvalue weighted by Gasteiger charge is -2.22. The largest absolute Gasteiger partial charge is 0.337 e. The highest BCUT2D eigenvalue weighted by atomic mass is 16.6. The molecule has 2 aromatic heterocycles. The lowest BCUT2D eigenvalue weighted by molar-refractivity contribution is -0.384. The van der Waals surface area contributed by atoms with E-state index in [0.717, 1.165) is 37.1 Å². The summed E-state index contributed by atoms with van der Waals surface area (Å²) in [6.45, 7) is 0.400. The van der Waals surface area contributed by atoms with Gasteiger partial charge in [-0.15, -0.1) is 0 Å². The molecule has 1 aliphatic rings. The minimum absolute atomic E-state index is 0.0403. The van der Waals surface area contributed by atoms with Crippen LogP contribution >= 0.6 is 0 Å². The third-order valence-electron chi connectivity index (χ3n) is 5.81. The molecule has 0 aliphatic heterocycles. The second kappa shape index (κ2) is 9.07. The highest BCUT2D eigenvalue weighted by molar-refractivity contribution is 5.95. The van der Waals surface area contributed by atoms with Crippen molar-refractivity contribution in [3.05, 3.63) is 82.2 Å². The minimum Gasteiger partial charge on any atom is -0.337 e. The summed E-state index contributed by atoms with van der Waals surface area (Å²) in [6.07, 6.45) is 12.4. The van der Waals surface area contributed by atoms with Crippen molar-refractivity contribution in [3.63, 3.8) is 0 Å². The van der Waals surface area contributed by atoms with Gasteiger partial charge in [0, 0.05) is 55.9 Å². The highest BCUT2D eigenvalue weighted by Gasteiger charge is 2.25. The quantitative estimate of drug-likeness (QED) is 0.433. The molecule has 1 saturated carbocycles. The Hall–Kier alpha value is -3.55. The number of carbonyl (C=O) groups excluding carboxylic acids is 1. The summed E-state index contributed by atoms with van der Waals surface area (Å²) in [6, 6.07) is 8.25. The number of nitrogens with zero attached hydrogens (tertiary/aromatic N) is 5. The van der Waals surface area contributed by atoms with E-state index in [0.29, 0.717) is 17.8 Å². The number of amides is 1. The maximum atomic E-state index is 13.0. The van der Waals surface area contributed by atoms with Crippen LogP contribution in [-0.4, -0.2) is 37.3 Å². The van der Waals surface area contributed by atoms with Crippen molar-refractivity contribution >= 4 is 11.6 Å². The molecular weight excluding hydrogens is 394 g/mol. The lowest BCUT2D eigenvalue weighted by Crippen LogP contribution is -2.26. The van der Waals surface area contributed by atoms with Crippen molar-refractivity contribution in [2.45, 2.75) is 44.6 Å². The highest BCUT2D eigenvalue weighted by Crippen LogP contribution is 2.34. The van der Waals surface area contributed by atoms with E-state index in [-0.39, 0.29) is 17.5 Å². The van der Waals surface area contributed by atoms with Gasteiger partial charge in [-0.3, -0.25) is 24.5 Å². The van der Waals surface area contributed by atoms with E-state index < -0.39 is 4.92 Å². The van der Waals surface area contributed by atoms with Gasteiger partial charge in [0.2, 0.25) is 0 Å². The van der Waals surface area contributed by atoms with Crippen LogP contribution in [0.1, 0.15) is 59.8 Å². The molecule has 0 atom stereocenters. The van der Waals surface area contributed by atoms with Gasteiger partial charge in [0.25, 0.3) is 11.6 Å². The molecule has 0 saturated heterocycles. The lowest BCUT2D eigenvalue weighted by atomic mass is 9.88. The zero-order chi connectivity index (χ0) is 21.8. The minimum atomic E-state index is -0.409. The van der Waals surface area contributed by atoms with Gasteiger partial charge in [-0.2, -0.15) is 0 Å². The topological polar surface area (TPSA) is 94.2 Å². The number of rotatable bonds is 6. The van der Waals surface area contributed by atoms with Crippen LogP contribution in [0.25, 0.3) is 5.69 Å². The van der Waals surface area contributed by atoms with Gasteiger partial charge in [-0.1, -0.05) is 25.3 Å². The van der Waals surface area contributed by atoms with Gasteiger partial charge in [0.15, 0.2) is 0 Å². The third-order valence-corrected chi connectivity index (χ3v) is 5.81. The molecule has 160 valence electrons. The molecule has 1 aliphatic carbocycles. The molecule has 3 aromatic rings. The summed E-state index contributed by atoms with van der Waals surface area (Å²) < 4.78 is 1.78. The van der Waals surface area contributed by atoms with Crippen LogP contribution in [0.15, 0.2) is 55.1 Å². The van der Waals surface area contributed by atoms with E-state index in [9.17, 15) is 14.9 Å². The Morgan fingerprint density at radius 2 is 2.03 bits per heavy atom. The Balaban J connectivity index is 1.67. The number of nitro groups is 1. The maximum absolute atomic E-state index is 13.0. The molecule has 31 heavy (non-hydrogen) atoms. The van der Waals surface area contributed by atoms with Crippen molar-refractivity contribution in [1.82, 2.24) is 19.4 Å². The molecule has 4 rings (SSSR count). The van der Waals surface area contributed by atoms with Gasteiger partial charge < -0.3 is 4.90 Å². The van der Waals surface area contributed by atoms with E-state index in [1.807, 2.05) is 12.1 Å². The van der Waals surface area contributed by atoms with Crippen LogP contribution in [0, 0.1) is 10.1 Å². The maximum Gasteiger partial charge on any atom is 0.293 e. The van der Waals surface area contributed by atoms with E-state index in [4.69, 9.17) is 0 Å². The predicted molar refractivity (Wildman–Crippen MR) is 116 cm³/mol. The van der Waals surface area contributed by atoms with Crippen molar-refractivity contribution in [2.24, 2.45) is 0 Å². The van der Waals surface area contributed by atoms with Gasteiger partial charge >= 0.3 is 0 Å². The fourth-order valence-corrected chi connectivity index (χ4v) is 4.24. The molecule has 0 spiro atoms. The van der Waals surface area contributed by atoms with Crippen LogP contribution in [0.2, 0.25) is 0 Å². The number of nitro benzene ring substituents is 1. The van der Waals surface area contributed by atoms with E-state index in [2.05, 4.69) is 9.97 Å². The Bertz CT molecular complexity index is 1070. The monoisotopic (exact) mass is 419 g/mol. The number of carbonyl (C=O) groups is 1. The number of benzene rings is 1.